The summed E-state index contributed by atoms with van der Waals surface area (Å²) in [6.45, 7) is 2.92. The number of carbonyl (C=O) groups is 1. The normalized spacial score (nSPS) is 20.9. The van der Waals surface area contributed by atoms with E-state index in [1.165, 1.54) is 4.68 Å². The first-order valence-electron chi connectivity index (χ1n) is 7.25. The number of hydrogen-bond acceptors (Lipinski definition) is 4. The molecule has 22 heavy (non-hydrogen) atoms. The van der Waals surface area contributed by atoms with Crippen molar-refractivity contribution in [3.63, 3.8) is 0 Å². The lowest BCUT2D eigenvalue weighted by Gasteiger charge is -2.17. The molecule has 0 spiro atoms. The molecule has 1 unspecified atom stereocenters. The number of aliphatic hydroxyl groups excluding tert-OH is 1. The molecule has 0 saturated heterocycles. The van der Waals surface area contributed by atoms with E-state index in [1.807, 2.05) is 30.3 Å². The lowest BCUT2D eigenvalue weighted by molar-refractivity contribution is 0.0713. The minimum atomic E-state index is -1.24. The SMILES string of the molecule is CC(C)(CO)C(=O)c1nc2n(n1)[C@H](c1ccccc1)CC2F. The summed E-state index contributed by atoms with van der Waals surface area (Å²) in [5, 5.41) is 13.5. The Balaban J connectivity index is 1.98. The van der Waals surface area contributed by atoms with E-state index in [2.05, 4.69) is 10.1 Å². The largest absolute Gasteiger partial charge is 0.395 e. The van der Waals surface area contributed by atoms with Crippen LogP contribution >= 0.6 is 0 Å². The fraction of sp³-hybridized carbons (Fsp3) is 0.438. The zero-order chi connectivity index (χ0) is 15.9. The molecule has 0 aliphatic carbocycles. The number of benzene rings is 1. The molecule has 0 fully saturated rings. The van der Waals surface area contributed by atoms with Gasteiger partial charge < -0.3 is 5.11 Å². The standard InChI is InChI=1S/C16H18FN3O2/c1-16(2,9-21)13(22)14-18-15-11(17)8-12(20(15)19-14)10-6-4-3-5-7-10/h3-7,11-12,21H,8-9H2,1-2H3/t11?,12-/m0/s1. The summed E-state index contributed by atoms with van der Waals surface area (Å²) in [4.78, 5) is 16.4. The van der Waals surface area contributed by atoms with Crippen molar-refractivity contribution in [2.24, 2.45) is 5.41 Å². The Hall–Kier alpha value is -2.08. The second-order valence-electron chi connectivity index (χ2n) is 6.24. The molecule has 0 bridgehead atoms. The number of carbonyl (C=O) groups excluding carboxylic acids is 1. The van der Waals surface area contributed by atoms with Crippen LogP contribution in [0.2, 0.25) is 0 Å². The van der Waals surface area contributed by atoms with Gasteiger partial charge in [-0.1, -0.05) is 44.2 Å². The first kappa shape index (κ1) is 14.8. The van der Waals surface area contributed by atoms with E-state index in [-0.39, 0.29) is 36.5 Å². The van der Waals surface area contributed by atoms with Crippen molar-refractivity contribution < 1.29 is 14.3 Å². The van der Waals surface area contributed by atoms with Crippen LogP contribution in [0.25, 0.3) is 0 Å². The number of rotatable bonds is 4. The van der Waals surface area contributed by atoms with E-state index >= 15 is 0 Å². The molecule has 116 valence electrons. The maximum Gasteiger partial charge on any atom is 0.218 e. The Morgan fingerprint density at radius 3 is 2.73 bits per heavy atom. The predicted molar refractivity (Wildman–Crippen MR) is 78.3 cm³/mol. The van der Waals surface area contributed by atoms with Crippen LogP contribution in [0.1, 0.15) is 54.5 Å². The molecule has 2 heterocycles. The summed E-state index contributed by atoms with van der Waals surface area (Å²) in [7, 11) is 0. The van der Waals surface area contributed by atoms with E-state index in [0.717, 1.165) is 5.56 Å². The molecule has 2 aromatic rings. The molecular formula is C16H18FN3O2. The van der Waals surface area contributed by atoms with Gasteiger partial charge in [-0.3, -0.25) is 4.79 Å². The number of hydrogen-bond donors (Lipinski definition) is 1. The number of fused-ring (bicyclic) bond motifs is 1. The molecule has 1 aromatic carbocycles. The summed E-state index contributed by atoms with van der Waals surface area (Å²) >= 11 is 0. The Kier molecular flexibility index (Phi) is 3.56. The molecule has 0 saturated carbocycles. The second-order valence-corrected chi connectivity index (χ2v) is 6.24. The third-order valence-corrected chi connectivity index (χ3v) is 4.06. The van der Waals surface area contributed by atoms with Gasteiger partial charge in [0, 0.05) is 6.42 Å². The third kappa shape index (κ3) is 2.33. The summed E-state index contributed by atoms with van der Waals surface area (Å²) in [5.74, 6) is -0.223. The van der Waals surface area contributed by atoms with E-state index in [9.17, 15) is 14.3 Å². The minimum absolute atomic E-state index is 0.0302. The molecule has 6 heteroatoms. The number of aliphatic hydroxyl groups is 1. The summed E-state index contributed by atoms with van der Waals surface area (Å²) in [6.07, 6.45) is -0.964. The fourth-order valence-corrected chi connectivity index (χ4v) is 2.60. The molecule has 1 aliphatic heterocycles. The Morgan fingerprint density at radius 2 is 2.09 bits per heavy atom. The van der Waals surface area contributed by atoms with Crippen LogP contribution in [0.5, 0.6) is 0 Å². The van der Waals surface area contributed by atoms with Crippen molar-refractivity contribution >= 4 is 5.78 Å². The highest BCUT2D eigenvalue weighted by molar-refractivity contribution is 5.96. The molecule has 5 nitrogen and oxygen atoms in total. The number of alkyl halides is 1. The van der Waals surface area contributed by atoms with Gasteiger partial charge >= 0.3 is 0 Å². The predicted octanol–water partition coefficient (Wildman–Crippen LogP) is 2.48. The average molecular weight is 303 g/mol. The number of ketones is 1. The van der Waals surface area contributed by atoms with E-state index in [0.29, 0.717) is 0 Å². The Morgan fingerprint density at radius 1 is 1.41 bits per heavy atom. The number of halogens is 1. The van der Waals surface area contributed by atoms with Crippen LogP contribution in [0.3, 0.4) is 0 Å². The number of nitrogens with zero attached hydrogens (tertiary/aromatic N) is 3. The van der Waals surface area contributed by atoms with E-state index < -0.39 is 11.6 Å². The second kappa shape index (κ2) is 5.28. The minimum Gasteiger partial charge on any atom is -0.395 e. The smallest absolute Gasteiger partial charge is 0.218 e. The highest BCUT2D eigenvalue weighted by Crippen LogP contribution is 2.39. The highest BCUT2D eigenvalue weighted by Gasteiger charge is 2.38. The highest BCUT2D eigenvalue weighted by atomic mass is 19.1. The lowest BCUT2D eigenvalue weighted by Crippen LogP contribution is -2.29. The van der Waals surface area contributed by atoms with Gasteiger partial charge in [0.25, 0.3) is 0 Å². The van der Waals surface area contributed by atoms with Crippen molar-refractivity contribution in [3.05, 3.63) is 47.5 Å². The maximum atomic E-state index is 14.2. The fourth-order valence-electron chi connectivity index (χ4n) is 2.60. The van der Waals surface area contributed by atoms with Crippen molar-refractivity contribution in [3.8, 4) is 0 Å². The molecule has 0 radical (unpaired) electrons. The van der Waals surface area contributed by atoms with Crippen molar-refractivity contribution in [2.75, 3.05) is 6.61 Å². The number of Topliss-reactive ketones (excluding diaryl/α,β-unsaturated/α-hetero) is 1. The molecular weight excluding hydrogens is 285 g/mol. The molecule has 1 aliphatic rings. The van der Waals surface area contributed by atoms with Gasteiger partial charge in [0.15, 0.2) is 12.0 Å². The van der Waals surface area contributed by atoms with Crippen molar-refractivity contribution in [1.29, 1.82) is 0 Å². The van der Waals surface area contributed by atoms with Gasteiger partial charge in [0.2, 0.25) is 11.6 Å². The molecule has 3 rings (SSSR count). The van der Waals surface area contributed by atoms with Crippen molar-refractivity contribution in [2.45, 2.75) is 32.5 Å². The maximum absolute atomic E-state index is 14.2. The topological polar surface area (TPSA) is 68.0 Å². The molecule has 2 atom stereocenters. The Labute approximate surface area is 127 Å². The lowest BCUT2D eigenvalue weighted by atomic mass is 9.89. The molecule has 1 aromatic heterocycles. The first-order chi connectivity index (χ1) is 10.4. The van der Waals surface area contributed by atoms with Gasteiger partial charge in [0.05, 0.1) is 18.1 Å². The van der Waals surface area contributed by atoms with Crippen LogP contribution in [-0.4, -0.2) is 32.3 Å². The zero-order valence-corrected chi connectivity index (χ0v) is 12.5. The summed E-state index contributed by atoms with van der Waals surface area (Å²) < 4.78 is 15.7. The van der Waals surface area contributed by atoms with Gasteiger partial charge in [0.1, 0.15) is 0 Å². The third-order valence-electron chi connectivity index (χ3n) is 4.06. The van der Waals surface area contributed by atoms with Crippen LogP contribution in [0, 0.1) is 5.41 Å². The number of aromatic nitrogens is 3. The van der Waals surface area contributed by atoms with Gasteiger partial charge in [-0.2, -0.15) is 0 Å². The van der Waals surface area contributed by atoms with Crippen LogP contribution in [-0.2, 0) is 0 Å². The van der Waals surface area contributed by atoms with Gasteiger partial charge in [-0.25, -0.2) is 14.1 Å². The van der Waals surface area contributed by atoms with Crippen LogP contribution in [0.4, 0.5) is 4.39 Å². The van der Waals surface area contributed by atoms with E-state index in [1.54, 1.807) is 13.8 Å². The first-order valence-corrected chi connectivity index (χ1v) is 7.25. The summed E-state index contributed by atoms with van der Waals surface area (Å²) in [6, 6.07) is 9.24. The monoisotopic (exact) mass is 303 g/mol. The van der Waals surface area contributed by atoms with Crippen LogP contribution in [0.15, 0.2) is 30.3 Å². The van der Waals surface area contributed by atoms with Gasteiger partial charge in [-0.05, 0) is 5.56 Å². The quantitative estimate of drug-likeness (QED) is 0.881. The van der Waals surface area contributed by atoms with Gasteiger partial charge in [-0.15, -0.1) is 5.10 Å². The van der Waals surface area contributed by atoms with Crippen LogP contribution < -0.4 is 0 Å². The Bertz CT molecular complexity index is 697. The average Bonchev–Trinajstić information content (AvgIpc) is 3.08. The summed E-state index contributed by atoms with van der Waals surface area (Å²) in [5.41, 5.74) is -0.0364. The zero-order valence-electron chi connectivity index (χ0n) is 12.5. The molecule has 1 N–H and O–H groups in total. The van der Waals surface area contributed by atoms with E-state index in [4.69, 9.17) is 0 Å². The molecule has 0 amide bonds. The van der Waals surface area contributed by atoms with Crippen molar-refractivity contribution in [1.82, 2.24) is 14.8 Å².